The summed E-state index contributed by atoms with van der Waals surface area (Å²) in [4.78, 5) is 19.1. The highest BCUT2D eigenvalue weighted by atomic mass is 16.4. The summed E-state index contributed by atoms with van der Waals surface area (Å²) < 4.78 is 0. The number of carboxylic acid groups (broad SMARTS) is 1. The molecule has 1 aromatic carbocycles. The minimum atomic E-state index is -0.773. The van der Waals surface area contributed by atoms with Gasteiger partial charge in [-0.3, -0.25) is 4.79 Å². The fourth-order valence-electron chi connectivity index (χ4n) is 2.17. The molecule has 1 N–H and O–H groups in total. The first-order valence-electron chi connectivity index (χ1n) is 7.20. The Labute approximate surface area is 130 Å². The number of carbonyl (C=O) groups is 1. The Morgan fingerprint density at radius 2 is 1.86 bits per heavy atom. The second kappa shape index (κ2) is 7.56. The minimum Gasteiger partial charge on any atom is -0.481 e. The smallest absolute Gasteiger partial charge is 0.304 e. The normalized spacial score (nSPS) is 10.7. The van der Waals surface area contributed by atoms with Crippen LogP contribution < -0.4 is 4.90 Å². The van der Waals surface area contributed by atoms with Gasteiger partial charge in [-0.25, -0.2) is 4.98 Å². The largest absolute Gasteiger partial charge is 0.481 e. The number of benzene rings is 1. The molecule has 0 radical (unpaired) electrons. The van der Waals surface area contributed by atoms with Crippen molar-refractivity contribution in [2.24, 2.45) is 0 Å². The molecule has 116 valence electrons. The molecule has 0 saturated heterocycles. The van der Waals surface area contributed by atoms with Crippen molar-refractivity contribution in [2.45, 2.75) is 13.0 Å². The number of anilines is 2. The molecule has 22 heavy (non-hydrogen) atoms. The van der Waals surface area contributed by atoms with Crippen LogP contribution >= 0.6 is 0 Å². The van der Waals surface area contributed by atoms with Crippen molar-refractivity contribution < 1.29 is 9.90 Å². The van der Waals surface area contributed by atoms with Crippen LogP contribution in [0.4, 0.5) is 11.5 Å². The molecule has 0 aliphatic heterocycles. The Kier molecular flexibility index (Phi) is 5.49. The molecule has 0 saturated carbocycles. The van der Waals surface area contributed by atoms with Crippen molar-refractivity contribution in [3.63, 3.8) is 0 Å². The summed E-state index contributed by atoms with van der Waals surface area (Å²) in [6.07, 6.45) is 1.99. The summed E-state index contributed by atoms with van der Waals surface area (Å²) in [7, 11) is 3.89. The quantitative estimate of drug-likeness (QED) is 0.852. The summed E-state index contributed by atoms with van der Waals surface area (Å²) in [6.45, 7) is 1.22. The summed E-state index contributed by atoms with van der Waals surface area (Å²) in [5.74, 6) is 0.105. The molecule has 1 heterocycles. The number of aromatic nitrogens is 1. The number of pyridine rings is 1. The van der Waals surface area contributed by atoms with Crippen LogP contribution in [0.3, 0.4) is 0 Å². The van der Waals surface area contributed by atoms with Gasteiger partial charge in [-0.1, -0.05) is 24.3 Å². The minimum absolute atomic E-state index is 0.152. The number of carboxylic acids is 1. The molecule has 2 aromatic rings. The van der Waals surface area contributed by atoms with E-state index < -0.39 is 5.97 Å². The third-order valence-corrected chi connectivity index (χ3v) is 3.46. The third kappa shape index (κ3) is 4.56. The van der Waals surface area contributed by atoms with Gasteiger partial charge in [0.15, 0.2) is 0 Å². The van der Waals surface area contributed by atoms with E-state index in [1.54, 1.807) is 0 Å². The van der Waals surface area contributed by atoms with Gasteiger partial charge in [0.05, 0.1) is 6.42 Å². The first kappa shape index (κ1) is 16.0. The van der Waals surface area contributed by atoms with E-state index >= 15 is 0 Å². The van der Waals surface area contributed by atoms with E-state index in [9.17, 15) is 4.79 Å². The van der Waals surface area contributed by atoms with E-state index in [-0.39, 0.29) is 6.42 Å². The van der Waals surface area contributed by atoms with Crippen molar-refractivity contribution >= 4 is 17.5 Å². The number of aliphatic carboxylic acids is 1. The van der Waals surface area contributed by atoms with Crippen LogP contribution in [0.15, 0.2) is 48.7 Å². The Morgan fingerprint density at radius 1 is 1.14 bits per heavy atom. The molecule has 1 aromatic heterocycles. The van der Waals surface area contributed by atoms with Crippen LogP contribution in [0.1, 0.15) is 12.0 Å². The van der Waals surface area contributed by atoms with Gasteiger partial charge in [-0.15, -0.1) is 0 Å². The van der Waals surface area contributed by atoms with Crippen molar-refractivity contribution in [1.29, 1.82) is 0 Å². The molecular weight excluding hydrogens is 278 g/mol. The summed E-state index contributed by atoms with van der Waals surface area (Å²) in [5, 5.41) is 8.69. The maximum atomic E-state index is 10.6. The van der Waals surface area contributed by atoms with Gasteiger partial charge in [0.1, 0.15) is 5.82 Å². The fraction of sp³-hybridized carbons (Fsp3) is 0.294. The van der Waals surface area contributed by atoms with Gasteiger partial charge in [0.25, 0.3) is 0 Å². The molecule has 0 aliphatic rings. The lowest BCUT2D eigenvalue weighted by Gasteiger charge is -2.19. The fourth-order valence-corrected chi connectivity index (χ4v) is 2.17. The van der Waals surface area contributed by atoms with Gasteiger partial charge in [0.2, 0.25) is 0 Å². The van der Waals surface area contributed by atoms with Crippen LogP contribution in [-0.4, -0.2) is 41.6 Å². The Bertz CT molecular complexity index is 599. The number of para-hydroxylation sites is 1. The second-order valence-corrected chi connectivity index (χ2v) is 5.30. The van der Waals surface area contributed by atoms with E-state index in [0.717, 1.165) is 17.1 Å². The molecule has 0 aliphatic carbocycles. The molecule has 2 rings (SSSR count). The highest BCUT2D eigenvalue weighted by molar-refractivity contribution is 5.66. The van der Waals surface area contributed by atoms with E-state index in [0.29, 0.717) is 13.1 Å². The first-order valence-corrected chi connectivity index (χ1v) is 7.20. The monoisotopic (exact) mass is 299 g/mol. The van der Waals surface area contributed by atoms with Gasteiger partial charge in [-0.05, 0) is 30.8 Å². The average molecular weight is 299 g/mol. The van der Waals surface area contributed by atoms with Gasteiger partial charge in [-0.2, -0.15) is 0 Å². The number of hydrogen-bond acceptors (Lipinski definition) is 4. The van der Waals surface area contributed by atoms with E-state index in [2.05, 4.69) is 4.98 Å². The second-order valence-electron chi connectivity index (χ2n) is 5.30. The standard InChI is InChI=1S/C17H21N3O2/c1-19(11-10-17(21)22)13-14-8-9-16(18-12-14)20(2)15-6-4-3-5-7-15/h3-9,12H,10-11,13H2,1-2H3,(H,21,22). The Balaban J connectivity index is 1.97. The lowest BCUT2D eigenvalue weighted by Crippen LogP contribution is -2.21. The molecule has 0 unspecified atom stereocenters. The highest BCUT2D eigenvalue weighted by Gasteiger charge is 2.07. The average Bonchev–Trinajstić information content (AvgIpc) is 2.54. The number of nitrogens with zero attached hydrogens (tertiary/aromatic N) is 3. The van der Waals surface area contributed by atoms with Crippen molar-refractivity contribution in [2.75, 3.05) is 25.5 Å². The van der Waals surface area contributed by atoms with E-state index in [1.165, 1.54) is 0 Å². The molecule has 5 heteroatoms. The maximum Gasteiger partial charge on any atom is 0.304 e. The molecule has 5 nitrogen and oxygen atoms in total. The van der Waals surface area contributed by atoms with Gasteiger partial charge >= 0.3 is 5.97 Å². The zero-order valence-corrected chi connectivity index (χ0v) is 12.9. The summed E-state index contributed by atoms with van der Waals surface area (Å²) in [5.41, 5.74) is 2.15. The summed E-state index contributed by atoms with van der Waals surface area (Å²) >= 11 is 0. The highest BCUT2D eigenvalue weighted by Crippen LogP contribution is 2.21. The van der Waals surface area contributed by atoms with Gasteiger partial charge < -0.3 is 14.9 Å². The molecule has 0 atom stereocenters. The van der Waals surface area contributed by atoms with Crippen LogP contribution in [0.5, 0.6) is 0 Å². The van der Waals surface area contributed by atoms with Crippen LogP contribution in [-0.2, 0) is 11.3 Å². The third-order valence-electron chi connectivity index (χ3n) is 3.46. The van der Waals surface area contributed by atoms with Gasteiger partial charge in [0, 0.05) is 32.0 Å². The van der Waals surface area contributed by atoms with Crippen LogP contribution in [0.2, 0.25) is 0 Å². The van der Waals surface area contributed by atoms with E-state index in [1.807, 2.05) is 72.6 Å². The summed E-state index contributed by atoms with van der Waals surface area (Å²) in [6, 6.07) is 14.1. The molecule has 0 bridgehead atoms. The predicted molar refractivity (Wildman–Crippen MR) is 87.3 cm³/mol. The Hall–Kier alpha value is -2.40. The van der Waals surface area contributed by atoms with Crippen LogP contribution in [0, 0.1) is 0 Å². The lowest BCUT2D eigenvalue weighted by atomic mass is 10.2. The maximum absolute atomic E-state index is 10.6. The predicted octanol–water partition coefficient (Wildman–Crippen LogP) is 2.76. The lowest BCUT2D eigenvalue weighted by molar-refractivity contribution is -0.137. The molecule has 0 spiro atoms. The molecule has 0 fully saturated rings. The topological polar surface area (TPSA) is 56.7 Å². The van der Waals surface area contributed by atoms with Crippen molar-refractivity contribution in [1.82, 2.24) is 9.88 Å². The molecular formula is C17H21N3O2. The molecule has 0 amide bonds. The zero-order chi connectivity index (χ0) is 15.9. The first-order chi connectivity index (χ1) is 10.6. The van der Waals surface area contributed by atoms with Crippen molar-refractivity contribution in [3.05, 3.63) is 54.2 Å². The number of hydrogen-bond donors (Lipinski definition) is 1. The van der Waals surface area contributed by atoms with Crippen molar-refractivity contribution in [3.8, 4) is 0 Å². The van der Waals surface area contributed by atoms with Crippen LogP contribution in [0.25, 0.3) is 0 Å². The number of rotatable bonds is 7. The van der Waals surface area contributed by atoms with E-state index in [4.69, 9.17) is 5.11 Å². The SMILES string of the molecule is CN(CCC(=O)O)Cc1ccc(N(C)c2ccccc2)nc1. The Morgan fingerprint density at radius 3 is 2.45 bits per heavy atom. The zero-order valence-electron chi connectivity index (χ0n) is 12.9.